The van der Waals surface area contributed by atoms with E-state index >= 15 is 0 Å². The molecule has 1 atom stereocenters. The van der Waals surface area contributed by atoms with E-state index in [9.17, 15) is 4.79 Å². The maximum atomic E-state index is 12.3. The van der Waals surface area contributed by atoms with Crippen LogP contribution in [0.4, 0.5) is 0 Å². The lowest BCUT2D eigenvalue weighted by Gasteiger charge is -2.21. The molecule has 1 unspecified atom stereocenters. The molecule has 144 valence electrons. The highest BCUT2D eigenvalue weighted by atomic mass is 35.5. The van der Waals surface area contributed by atoms with Crippen LogP contribution in [0.1, 0.15) is 37.7 Å². The highest BCUT2D eigenvalue weighted by Gasteiger charge is 2.29. The summed E-state index contributed by atoms with van der Waals surface area (Å²) >= 11 is 1.79. The highest BCUT2D eigenvalue weighted by Crippen LogP contribution is 2.28. The molecule has 1 N–H and O–H groups in total. The smallest absolute Gasteiger partial charge is 0.222 e. The number of aliphatic imine (C=N–C) groups is 1. The molecule has 0 spiro atoms. The third kappa shape index (κ3) is 5.55. The third-order valence-corrected chi connectivity index (χ3v) is 6.14. The van der Waals surface area contributed by atoms with Crippen molar-refractivity contribution < 1.29 is 9.53 Å². The van der Waals surface area contributed by atoms with Gasteiger partial charge >= 0.3 is 0 Å². The van der Waals surface area contributed by atoms with Crippen LogP contribution in [0.5, 0.6) is 5.75 Å². The minimum absolute atomic E-state index is 0. The number of hydrogen-bond acceptors (Lipinski definition) is 4. The van der Waals surface area contributed by atoms with Crippen LogP contribution in [-0.2, 0) is 11.3 Å². The Morgan fingerprint density at radius 1 is 1.31 bits per heavy atom. The monoisotopic (exact) mass is 397 g/mol. The van der Waals surface area contributed by atoms with Crippen LogP contribution < -0.4 is 10.1 Å². The molecule has 0 aromatic heterocycles. The zero-order chi connectivity index (χ0) is 17.6. The van der Waals surface area contributed by atoms with Crippen LogP contribution in [0.2, 0.25) is 0 Å². The number of halogens is 1. The number of carbonyl (C=O) groups is 1. The molecule has 2 fully saturated rings. The molecule has 1 heterocycles. The molecule has 0 bridgehead atoms. The van der Waals surface area contributed by atoms with Gasteiger partial charge in [-0.05, 0) is 30.5 Å². The fourth-order valence-corrected chi connectivity index (χ4v) is 4.54. The van der Waals surface area contributed by atoms with E-state index in [4.69, 9.17) is 9.73 Å². The van der Waals surface area contributed by atoms with E-state index in [-0.39, 0.29) is 24.4 Å². The number of thioether (sulfide) groups is 1. The third-order valence-electron chi connectivity index (χ3n) is 4.94. The lowest BCUT2D eigenvalue weighted by atomic mass is 10.2. The summed E-state index contributed by atoms with van der Waals surface area (Å²) in [6.07, 6.45) is 5.54. The van der Waals surface area contributed by atoms with Gasteiger partial charge in [0.25, 0.3) is 0 Å². The molecule has 7 heteroatoms. The van der Waals surface area contributed by atoms with Crippen LogP contribution in [0.15, 0.2) is 29.3 Å². The van der Waals surface area contributed by atoms with Crippen LogP contribution in [0.25, 0.3) is 0 Å². The molecule has 1 saturated carbocycles. The summed E-state index contributed by atoms with van der Waals surface area (Å²) in [4.78, 5) is 19.4. The van der Waals surface area contributed by atoms with Crippen LogP contribution in [0, 0.1) is 0 Å². The standard InChI is InChI=1S/C19H27N3O2S.ClH/c1-22-16(13-25-19(22)21-15-5-3-4-6-15)11-18(23)20-12-14-7-9-17(24-2)10-8-14;/h7-10,15-16H,3-6,11-13H2,1-2H3,(H,20,23);1H. The van der Waals surface area contributed by atoms with Crippen molar-refractivity contribution in [1.29, 1.82) is 0 Å². The van der Waals surface area contributed by atoms with E-state index in [1.165, 1.54) is 25.7 Å². The maximum Gasteiger partial charge on any atom is 0.222 e. The summed E-state index contributed by atoms with van der Waals surface area (Å²) in [5.41, 5.74) is 1.08. The van der Waals surface area contributed by atoms with Crippen LogP contribution in [0.3, 0.4) is 0 Å². The summed E-state index contributed by atoms with van der Waals surface area (Å²) < 4.78 is 5.15. The number of rotatable bonds is 6. The largest absolute Gasteiger partial charge is 0.497 e. The number of amides is 1. The quantitative estimate of drug-likeness (QED) is 0.798. The van der Waals surface area contributed by atoms with E-state index in [2.05, 4.69) is 17.3 Å². The Balaban J connectivity index is 0.00000243. The fourth-order valence-electron chi connectivity index (χ4n) is 3.28. The van der Waals surface area contributed by atoms with Gasteiger partial charge < -0.3 is 15.0 Å². The molecule has 1 aromatic carbocycles. The van der Waals surface area contributed by atoms with E-state index in [0.717, 1.165) is 22.2 Å². The number of benzene rings is 1. The maximum absolute atomic E-state index is 12.3. The summed E-state index contributed by atoms with van der Waals surface area (Å²) in [6, 6.07) is 8.50. The van der Waals surface area contributed by atoms with Gasteiger partial charge in [0.1, 0.15) is 5.75 Å². The Labute approximate surface area is 166 Å². The zero-order valence-electron chi connectivity index (χ0n) is 15.4. The van der Waals surface area contributed by atoms with Crippen molar-refractivity contribution >= 4 is 35.2 Å². The van der Waals surface area contributed by atoms with Crippen molar-refractivity contribution in [3.05, 3.63) is 29.8 Å². The van der Waals surface area contributed by atoms with Gasteiger partial charge in [-0.3, -0.25) is 9.79 Å². The summed E-state index contributed by atoms with van der Waals surface area (Å²) in [5.74, 6) is 1.86. The molecule has 26 heavy (non-hydrogen) atoms. The first-order chi connectivity index (χ1) is 12.2. The van der Waals surface area contributed by atoms with Crippen molar-refractivity contribution in [1.82, 2.24) is 10.2 Å². The predicted octanol–water partition coefficient (Wildman–Crippen LogP) is 3.47. The van der Waals surface area contributed by atoms with Crippen LogP contribution in [-0.4, -0.2) is 48.0 Å². The molecule has 1 aliphatic carbocycles. The minimum atomic E-state index is 0. The average molecular weight is 398 g/mol. The van der Waals surface area contributed by atoms with E-state index in [1.807, 2.05) is 24.3 Å². The highest BCUT2D eigenvalue weighted by molar-refractivity contribution is 8.14. The van der Waals surface area contributed by atoms with Crippen molar-refractivity contribution in [2.24, 2.45) is 4.99 Å². The molecule has 0 radical (unpaired) electrons. The number of methoxy groups -OCH3 is 1. The molecule has 3 rings (SSSR count). The SMILES string of the molecule is COc1ccc(CNC(=O)CC2CSC(=NC3CCCC3)N2C)cc1.Cl. The van der Waals surface area contributed by atoms with Gasteiger partial charge in [-0.15, -0.1) is 12.4 Å². The second-order valence-electron chi connectivity index (χ2n) is 6.75. The van der Waals surface area contributed by atoms with Gasteiger partial charge in [-0.2, -0.15) is 0 Å². The van der Waals surface area contributed by atoms with Crippen molar-refractivity contribution in [2.75, 3.05) is 19.9 Å². The number of amidine groups is 1. The van der Waals surface area contributed by atoms with Gasteiger partial charge in [-0.1, -0.05) is 36.7 Å². The normalized spacial score (nSPS) is 21.7. The summed E-state index contributed by atoms with van der Waals surface area (Å²) in [5, 5.41) is 4.13. The van der Waals surface area contributed by atoms with Gasteiger partial charge in [0.2, 0.25) is 5.91 Å². The predicted molar refractivity (Wildman–Crippen MR) is 110 cm³/mol. The molecule has 1 aromatic rings. The number of nitrogens with one attached hydrogen (secondary N) is 1. The number of carbonyl (C=O) groups excluding carboxylic acids is 1. The molecular formula is C19H28ClN3O2S. The second-order valence-corrected chi connectivity index (χ2v) is 7.74. The van der Waals surface area contributed by atoms with Crippen molar-refractivity contribution in [3.63, 3.8) is 0 Å². The van der Waals surface area contributed by atoms with E-state index in [1.54, 1.807) is 18.9 Å². The van der Waals surface area contributed by atoms with E-state index in [0.29, 0.717) is 19.0 Å². The lowest BCUT2D eigenvalue weighted by molar-refractivity contribution is -0.121. The average Bonchev–Trinajstić information content (AvgIpc) is 3.26. The Kier molecular flexibility index (Phi) is 8.10. The first-order valence-corrected chi connectivity index (χ1v) is 9.97. The molecule has 1 amide bonds. The van der Waals surface area contributed by atoms with E-state index < -0.39 is 0 Å². The van der Waals surface area contributed by atoms with Gasteiger partial charge in [0, 0.05) is 31.8 Å². The first kappa shape index (κ1) is 20.9. The second kappa shape index (κ2) is 10.1. The number of ether oxygens (including phenoxy) is 1. The first-order valence-electron chi connectivity index (χ1n) is 8.99. The van der Waals surface area contributed by atoms with Gasteiger partial charge in [-0.25, -0.2) is 0 Å². The Morgan fingerprint density at radius 3 is 2.65 bits per heavy atom. The molecule has 2 aliphatic rings. The fraction of sp³-hybridized carbons (Fsp3) is 0.579. The van der Waals surface area contributed by atoms with Gasteiger partial charge in [0.15, 0.2) is 5.17 Å². The topological polar surface area (TPSA) is 53.9 Å². The molecule has 1 aliphatic heterocycles. The summed E-state index contributed by atoms with van der Waals surface area (Å²) in [7, 11) is 3.71. The number of hydrogen-bond donors (Lipinski definition) is 1. The molecule has 5 nitrogen and oxygen atoms in total. The number of nitrogens with zero attached hydrogens (tertiary/aromatic N) is 2. The van der Waals surface area contributed by atoms with Gasteiger partial charge in [0.05, 0.1) is 13.2 Å². The Hall–Kier alpha value is -1.40. The Morgan fingerprint density at radius 2 is 2.00 bits per heavy atom. The summed E-state index contributed by atoms with van der Waals surface area (Å²) in [6.45, 7) is 0.551. The minimum Gasteiger partial charge on any atom is -0.497 e. The van der Waals surface area contributed by atoms with Crippen molar-refractivity contribution in [3.8, 4) is 5.75 Å². The molecular weight excluding hydrogens is 370 g/mol. The zero-order valence-corrected chi connectivity index (χ0v) is 17.1. The molecule has 1 saturated heterocycles. The van der Waals surface area contributed by atoms with Crippen LogP contribution >= 0.6 is 24.2 Å². The lowest BCUT2D eigenvalue weighted by Crippen LogP contribution is -2.36. The Bertz CT molecular complexity index is 618. The van der Waals surface area contributed by atoms with Crippen molar-refractivity contribution in [2.45, 2.75) is 50.7 Å².